The number of pyridine rings is 1. The fraction of sp³-hybridized carbons (Fsp3) is 0.667. The molecule has 4 heteroatoms. The molecule has 4 nitrogen and oxygen atoms in total. The van der Waals surface area contributed by atoms with E-state index in [1.807, 2.05) is 12.3 Å². The first-order chi connectivity index (χ1) is 9.24. The van der Waals surface area contributed by atoms with Crippen LogP contribution in [0.2, 0.25) is 0 Å². The second-order valence-electron chi connectivity index (χ2n) is 5.12. The van der Waals surface area contributed by atoms with Gasteiger partial charge in [-0.3, -0.25) is 4.98 Å². The first-order valence-electron chi connectivity index (χ1n) is 7.32. The minimum Gasteiger partial charge on any atom is -0.377 e. The highest BCUT2D eigenvalue weighted by Crippen LogP contribution is 2.22. The van der Waals surface area contributed by atoms with Crippen molar-refractivity contribution in [2.24, 2.45) is 5.73 Å². The predicted molar refractivity (Wildman–Crippen MR) is 78.3 cm³/mol. The monoisotopic (exact) mass is 263 g/mol. The molecule has 0 aliphatic carbocycles. The zero-order valence-corrected chi connectivity index (χ0v) is 12.0. The van der Waals surface area contributed by atoms with Gasteiger partial charge in [0.05, 0.1) is 23.7 Å². The van der Waals surface area contributed by atoms with Crippen molar-refractivity contribution < 1.29 is 4.74 Å². The summed E-state index contributed by atoms with van der Waals surface area (Å²) in [6.07, 6.45) is 5.57. The largest absolute Gasteiger partial charge is 0.377 e. The van der Waals surface area contributed by atoms with E-state index >= 15 is 0 Å². The summed E-state index contributed by atoms with van der Waals surface area (Å²) >= 11 is 0. The molecule has 2 N–H and O–H groups in total. The third kappa shape index (κ3) is 3.67. The maximum Gasteiger partial charge on any atom is 0.0750 e. The molecule has 2 atom stereocenters. The summed E-state index contributed by atoms with van der Waals surface area (Å²) in [5.41, 5.74) is 8.14. The zero-order valence-electron chi connectivity index (χ0n) is 12.0. The maximum absolute atomic E-state index is 5.99. The fourth-order valence-electron chi connectivity index (χ4n) is 2.56. The Morgan fingerprint density at radius 2 is 2.32 bits per heavy atom. The van der Waals surface area contributed by atoms with Gasteiger partial charge in [0.15, 0.2) is 0 Å². The van der Waals surface area contributed by atoms with Gasteiger partial charge in [-0.2, -0.15) is 0 Å². The van der Waals surface area contributed by atoms with Crippen molar-refractivity contribution in [2.45, 2.75) is 45.3 Å². The predicted octanol–water partition coefficient (Wildman–Crippen LogP) is 2.50. The summed E-state index contributed by atoms with van der Waals surface area (Å²) in [5.74, 6) is 0. The maximum atomic E-state index is 5.99. The van der Waals surface area contributed by atoms with Crippen LogP contribution < -0.4 is 10.6 Å². The molecule has 0 radical (unpaired) electrons. The molecule has 0 amide bonds. The number of anilines is 1. The van der Waals surface area contributed by atoms with Gasteiger partial charge in [-0.15, -0.1) is 0 Å². The van der Waals surface area contributed by atoms with Crippen LogP contribution >= 0.6 is 0 Å². The van der Waals surface area contributed by atoms with Crippen molar-refractivity contribution in [1.29, 1.82) is 0 Å². The number of nitrogens with two attached hydrogens (primary N) is 1. The van der Waals surface area contributed by atoms with E-state index < -0.39 is 0 Å². The lowest BCUT2D eigenvalue weighted by atomic mass is 10.1. The smallest absolute Gasteiger partial charge is 0.0750 e. The third-order valence-electron chi connectivity index (χ3n) is 3.74. The van der Waals surface area contributed by atoms with Gasteiger partial charge >= 0.3 is 0 Å². The van der Waals surface area contributed by atoms with Crippen molar-refractivity contribution >= 4 is 5.69 Å². The van der Waals surface area contributed by atoms with E-state index in [4.69, 9.17) is 10.5 Å². The minimum absolute atomic E-state index is 0.0478. The van der Waals surface area contributed by atoms with E-state index in [0.29, 0.717) is 6.10 Å². The van der Waals surface area contributed by atoms with Gasteiger partial charge in [0.1, 0.15) is 0 Å². The number of ether oxygens (including phenoxy) is 1. The highest BCUT2D eigenvalue weighted by molar-refractivity contribution is 5.45. The van der Waals surface area contributed by atoms with Crippen LogP contribution in [-0.4, -0.2) is 30.8 Å². The summed E-state index contributed by atoms with van der Waals surface area (Å²) in [6, 6.07) is 4.23. The summed E-state index contributed by atoms with van der Waals surface area (Å²) in [5, 5.41) is 0. The number of aromatic nitrogens is 1. The summed E-state index contributed by atoms with van der Waals surface area (Å²) < 4.78 is 5.73. The Kier molecular flexibility index (Phi) is 5.16. The molecule has 1 aliphatic rings. The molecule has 0 aromatic carbocycles. The van der Waals surface area contributed by atoms with Crippen LogP contribution in [0.1, 0.15) is 44.8 Å². The number of nitrogens with zero attached hydrogens (tertiary/aromatic N) is 2. The van der Waals surface area contributed by atoms with Crippen LogP contribution in [0.4, 0.5) is 5.69 Å². The molecule has 1 aliphatic heterocycles. The van der Waals surface area contributed by atoms with Gasteiger partial charge in [-0.1, -0.05) is 6.92 Å². The standard InChI is InChI=1S/C15H25N3O/c1-3-14(16)15-8-7-12(10-17-15)18-9-5-6-13(11-18)19-4-2/h7-8,10,13-14H,3-6,9,11,16H2,1-2H3/t13?,14-/m0/s1. The van der Waals surface area contributed by atoms with Crippen molar-refractivity contribution in [3.8, 4) is 0 Å². The molecule has 19 heavy (non-hydrogen) atoms. The van der Waals surface area contributed by atoms with E-state index in [0.717, 1.165) is 38.2 Å². The van der Waals surface area contributed by atoms with Crippen LogP contribution in [0.15, 0.2) is 18.3 Å². The molecular weight excluding hydrogens is 238 g/mol. The van der Waals surface area contributed by atoms with Crippen LogP contribution in [0.3, 0.4) is 0 Å². The molecule has 1 aromatic heterocycles. The Morgan fingerprint density at radius 3 is 2.95 bits per heavy atom. The number of rotatable bonds is 5. The van der Waals surface area contributed by atoms with Gasteiger partial charge in [0, 0.05) is 25.7 Å². The third-order valence-corrected chi connectivity index (χ3v) is 3.74. The van der Waals surface area contributed by atoms with Crippen LogP contribution in [0.5, 0.6) is 0 Å². The Balaban J connectivity index is 2.01. The normalized spacial score (nSPS) is 21.4. The Labute approximate surface area is 116 Å². The average molecular weight is 263 g/mol. The molecule has 1 saturated heterocycles. The molecule has 1 aromatic rings. The lowest BCUT2D eigenvalue weighted by Crippen LogP contribution is -2.39. The Hall–Kier alpha value is -1.13. The number of piperidine rings is 1. The summed E-state index contributed by atoms with van der Waals surface area (Å²) in [4.78, 5) is 6.85. The quantitative estimate of drug-likeness (QED) is 0.887. The highest BCUT2D eigenvalue weighted by Gasteiger charge is 2.20. The molecule has 2 heterocycles. The first kappa shape index (κ1) is 14.3. The topological polar surface area (TPSA) is 51.4 Å². The fourth-order valence-corrected chi connectivity index (χ4v) is 2.56. The lowest BCUT2D eigenvalue weighted by molar-refractivity contribution is 0.0526. The average Bonchev–Trinajstić information content (AvgIpc) is 2.47. The molecule has 1 unspecified atom stereocenters. The highest BCUT2D eigenvalue weighted by atomic mass is 16.5. The van der Waals surface area contributed by atoms with Gasteiger partial charge in [-0.05, 0) is 38.3 Å². The van der Waals surface area contributed by atoms with Crippen LogP contribution in [0, 0.1) is 0 Å². The zero-order chi connectivity index (χ0) is 13.7. The minimum atomic E-state index is 0.0478. The summed E-state index contributed by atoms with van der Waals surface area (Å²) in [6.45, 7) is 6.99. The van der Waals surface area contributed by atoms with Crippen LogP contribution in [-0.2, 0) is 4.74 Å². The molecule has 2 rings (SSSR count). The van der Waals surface area contributed by atoms with E-state index in [1.54, 1.807) is 0 Å². The van der Waals surface area contributed by atoms with Gasteiger partial charge in [0.2, 0.25) is 0 Å². The molecule has 0 bridgehead atoms. The molecule has 1 fully saturated rings. The molecular formula is C15H25N3O. The van der Waals surface area contributed by atoms with Crippen molar-refractivity contribution in [2.75, 3.05) is 24.6 Å². The Bertz CT molecular complexity index is 377. The number of hydrogen-bond donors (Lipinski definition) is 1. The van der Waals surface area contributed by atoms with E-state index in [-0.39, 0.29) is 6.04 Å². The second kappa shape index (κ2) is 6.87. The van der Waals surface area contributed by atoms with Crippen LogP contribution in [0.25, 0.3) is 0 Å². The lowest BCUT2D eigenvalue weighted by Gasteiger charge is -2.34. The van der Waals surface area contributed by atoms with E-state index in [1.165, 1.54) is 12.1 Å². The van der Waals surface area contributed by atoms with Crippen molar-refractivity contribution in [1.82, 2.24) is 4.98 Å². The summed E-state index contributed by atoms with van der Waals surface area (Å²) in [7, 11) is 0. The Morgan fingerprint density at radius 1 is 1.47 bits per heavy atom. The van der Waals surface area contributed by atoms with Crippen molar-refractivity contribution in [3.05, 3.63) is 24.0 Å². The van der Waals surface area contributed by atoms with E-state index in [9.17, 15) is 0 Å². The first-order valence-corrected chi connectivity index (χ1v) is 7.32. The van der Waals surface area contributed by atoms with Gasteiger partial charge in [-0.25, -0.2) is 0 Å². The van der Waals surface area contributed by atoms with Crippen molar-refractivity contribution in [3.63, 3.8) is 0 Å². The SMILES string of the molecule is CCOC1CCCN(c2ccc([C@@H](N)CC)nc2)C1. The number of hydrogen-bond acceptors (Lipinski definition) is 4. The molecule has 0 saturated carbocycles. The van der Waals surface area contributed by atoms with E-state index in [2.05, 4.69) is 29.8 Å². The van der Waals surface area contributed by atoms with Gasteiger partial charge < -0.3 is 15.4 Å². The second-order valence-corrected chi connectivity index (χ2v) is 5.12. The molecule has 106 valence electrons. The van der Waals surface area contributed by atoms with Gasteiger partial charge in [0.25, 0.3) is 0 Å². The molecule has 0 spiro atoms.